The van der Waals surface area contributed by atoms with E-state index in [4.69, 9.17) is 0 Å². The number of hydrogen-bond acceptors (Lipinski definition) is 6. The van der Waals surface area contributed by atoms with Gasteiger partial charge >= 0.3 is 0 Å². The van der Waals surface area contributed by atoms with Crippen LogP contribution in [0.3, 0.4) is 0 Å². The van der Waals surface area contributed by atoms with Crippen molar-refractivity contribution >= 4 is 23.6 Å². The Morgan fingerprint density at radius 2 is 1.84 bits per heavy atom. The van der Waals surface area contributed by atoms with Crippen molar-refractivity contribution in [3.05, 3.63) is 34.9 Å². The number of nitrogens with one attached hydrogen (secondary N) is 3. The first-order valence-corrected chi connectivity index (χ1v) is 11.8. The van der Waals surface area contributed by atoms with Crippen LogP contribution in [0.4, 0.5) is 0 Å². The molecule has 8 nitrogen and oxygen atoms in total. The van der Waals surface area contributed by atoms with Crippen LogP contribution < -0.4 is 16.0 Å². The number of nitrogens with zero attached hydrogens (tertiary/aromatic N) is 1. The molecule has 3 aliphatic heterocycles. The van der Waals surface area contributed by atoms with E-state index in [2.05, 4.69) is 16.0 Å². The van der Waals surface area contributed by atoms with E-state index in [9.17, 15) is 19.2 Å². The third-order valence-electron chi connectivity index (χ3n) is 7.95. The molecule has 3 fully saturated rings. The Hall–Kier alpha value is -2.58. The second-order valence-electron chi connectivity index (χ2n) is 9.62. The van der Waals surface area contributed by atoms with Crippen molar-refractivity contribution in [1.29, 1.82) is 0 Å². The van der Waals surface area contributed by atoms with Gasteiger partial charge < -0.3 is 10.6 Å². The quantitative estimate of drug-likeness (QED) is 0.599. The van der Waals surface area contributed by atoms with E-state index in [1.165, 1.54) is 32.1 Å². The first-order chi connectivity index (χ1) is 15.5. The van der Waals surface area contributed by atoms with Gasteiger partial charge in [0.1, 0.15) is 6.04 Å². The van der Waals surface area contributed by atoms with E-state index in [0.29, 0.717) is 29.0 Å². The summed E-state index contributed by atoms with van der Waals surface area (Å²) in [5, 5.41) is 9.28. The number of benzene rings is 1. The van der Waals surface area contributed by atoms with Crippen molar-refractivity contribution in [2.75, 3.05) is 19.6 Å². The van der Waals surface area contributed by atoms with Crippen LogP contribution in [0.2, 0.25) is 0 Å². The lowest BCUT2D eigenvalue weighted by atomic mass is 9.71. The zero-order valence-electron chi connectivity index (χ0n) is 18.2. The van der Waals surface area contributed by atoms with Crippen LogP contribution in [-0.2, 0) is 16.1 Å². The maximum Gasteiger partial charge on any atom is 0.262 e. The molecule has 4 amide bonds. The maximum atomic E-state index is 13.2. The van der Waals surface area contributed by atoms with Crippen molar-refractivity contribution in [3.63, 3.8) is 0 Å². The fourth-order valence-electron chi connectivity index (χ4n) is 6.23. The van der Waals surface area contributed by atoms with Gasteiger partial charge in [0.05, 0.1) is 11.1 Å². The molecular formula is C24H30N4O4. The Morgan fingerprint density at radius 1 is 1.03 bits per heavy atom. The smallest absolute Gasteiger partial charge is 0.262 e. The molecule has 2 atom stereocenters. The zero-order valence-corrected chi connectivity index (χ0v) is 18.2. The number of imide groups is 2. The van der Waals surface area contributed by atoms with Crippen molar-refractivity contribution in [3.8, 4) is 0 Å². The molecule has 1 aromatic carbocycles. The summed E-state index contributed by atoms with van der Waals surface area (Å²) in [6.07, 6.45) is 6.57. The van der Waals surface area contributed by atoms with Crippen LogP contribution in [0.5, 0.6) is 0 Å². The predicted molar refractivity (Wildman–Crippen MR) is 117 cm³/mol. The van der Waals surface area contributed by atoms with Crippen LogP contribution in [0.15, 0.2) is 18.2 Å². The molecule has 1 aliphatic carbocycles. The highest BCUT2D eigenvalue weighted by molar-refractivity contribution is 6.24. The summed E-state index contributed by atoms with van der Waals surface area (Å²) in [6.45, 7) is 3.60. The molecule has 3 heterocycles. The van der Waals surface area contributed by atoms with Crippen LogP contribution in [0.25, 0.3) is 0 Å². The monoisotopic (exact) mass is 438 g/mol. The van der Waals surface area contributed by atoms with E-state index in [1.54, 1.807) is 12.1 Å². The van der Waals surface area contributed by atoms with E-state index >= 15 is 0 Å². The fourth-order valence-corrected chi connectivity index (χ4v) is 6.23. The molecule has 2 unspecified atom stereocenters. The molecule has 32 heavy (non-hydrogen) atoms. The number of carbonyl (C=O) groups excluding carboxylic acids is 4. The predicted octanol–water partition coefficient (Wildman–Crippen LogP) is 1.35. The van der Waals surface area contributed by atoms with Gasteiger partial charge in [-0.2, -0.15) is 0 Å². The fraction of sp³-hybridized carbons (Fsp3) is 0.583. The molecule has 170 valence electrons. The number of rotatable bonds is 5. The molecule has 8 heteroatoms. The molecule has 0 aromatic heterocycles. The summed E-state index contributed by atoms with van der Waals surface area (Å²) in [6, 6.07) is 4.38. The van der Waals surface area contributed by atoms with Gasteiger partial charge in [0, 0.05) is 13.0 Å². The van der Waals surface area contributed by atoms with Crippen LogP contribution in [0, 0.1) is 11.3 Å². The Balaban J connectivity index is 1.29. The van der Waals surface area contributed by atoms with Gasteiger partial charge in [-0.05, 0) is 74.7 Å². The third kappa shape index (κ3) is 3.55. The van der Waals surface area contributed by atoms with Crippen molar-refractivity contribution in [2.45, 2.75) is 57.5 Å². The van der Waals surface area contributed by atoms with Crippen LogP contribution >= 0.6 is 0 Å². The SMILES string of the molecule is O=C1CCC(N2C(=O)c3cccc(CNCC4CCCC45CCNCC5)c3C2=O)C(=O)N1. The van der Waals surface area contributed by atoms with Gasteiger partial charge in [0.25, 0.3) is 11.8 Å². The highest BCUT2D eigenvalue weighted by Crippen LogP contribution is 2.49. The van der Waals surface area contributed by atoms with E-state index in [1.807, 2.05) is 6.07 Å². The minimum atomic E-state index is -0.931. The molecular weight excluding hydrogens is 408 g/mol. The minimum Gasteiger partial charge on any atom is -0.317 e. The summed E-state index contributed by atoms with van der Waals surface area (Å²) in [5.74, 6) is -1.20. The lowest BCUT2D eigenvalue weighted by Gasteiger charge is -2.39. The topological polar surface area (TPSA) is 108 Å². The first kappa shape index (κ1) is 21.3. The third-order valence-corrected chi connectivity index (χ3v) is 7.95. The molecule has 0 bridgehead atoms. The average molecular weight is 439 g/mol. The molecule has 1 spiro atoms. The maximum absolute atomic E-state index is 13.2. The van der Waals surface area contributed by atoms with Crippen LogP contribution in [0.1, 0.15) is 71.2 Å². The zero-order chi connectivity index (χ0) is 22.3. The summed E-state index contributed by atoms with van der Waals surface area (Å²) >= 11 is 0. The van der Waals surface area contributed by atoms with Gasteiger partial charge in [-0.3, -0.25) is 29.4 Å². The highest BCUT2D eigenvalue weighted by Gasteiger charge is 2.46. The largest absolute Gasteiger partial charge is 0.317 e. The molecule has 1 aromatic rings. The Morgan fingerprint density at radius 3 is 2.62 bits per heavy atom. The molecule has 2 saturated heterocycles. The van der Waals surface area contributed by atoms with Crippen molar-refractivity contribution < 1.29 is 19.2 Å². The molecule has 5 rings (SSSR count). The van der Waals surface area contributed by atoms with Gasteiger partial charge in [0.2, 0.25) is 11.8 Å². The lowest BCUT2D eigenvalue weighted by Crippen LogP contribution is -2.54. The van der Waals surface area contributed by atoms with Gasteiger partial charge in [-0.25, -0.2) is 0 Å². The summed E-state index contributed by atoms with van der Waals surface area (Å²) in [5.41, 5.74) is 1.95. The second-order valence-corrected chi connectivity index (χ2v) is 9.62. The number of hydrogen-bond donors (Lipinski definition) is 3. The minimum absolute atomic E-state index is 0.122. The summed E-state index contributed by atoms with van der Waals surface area (Å²) < 4.78 is 0. The average Bonchev–Trinajstić information content (AvgIpc) is 3.28. The molecule has 0 radical (unpaired) electrons. The van der Waals surface area contributed by atoms with Gasteiger partial charge in [-0.15, -0.1) is 0 Å². The Bertz CT molecular complexity index is 969. The van der Waals surface area contributed by atoms with E-state index in [0.717, 1.165) is 30.1 Å². The van der Waals surface area contributed by atoms with Crippen molar-refractivity contribution in [1.82, 2.24) is 20.9 Å². The highest BCUT2D eigenvalue weighted by atomic mass is 16.2. The molecule has 3 N–H and O–H groups in total. The summed E-state index contributed by atoms with van der Waals surface area (Å²) in [7, 11) is 0. The van der Waals surface area contributed by atoms with Gasteiger partial charge in [0.15, 0.2) is 0 Å². The number of carbonyl (C=O) groups is 4. The molecule has 1 saturated carbocycles. The lowest BCUT2D eigenvalue weighted by molar-refractivity contribution is -0.136. The van der Waals surface area contributed by atoms with E-state index < -0.39 is 23.8 Å². The Labute approximate surface area is 187 Å². The van der Waals surface area contributed by atoms with Crippen molar-refractivity contribution in [2.24, 2.45) is 11.3 Å². The second kappa shape index (κ2) is 8.41. The first-order valence-electron chi connectivity index (χ1n) is 11.8. The van der Waals surface area contributed by atoms with E-state index in [-0.39, 0.29) is 18.7 Å². The molecule has 4 aliphatic rings. The van der Waals surface area contributed by atoms with Crippen LogP contribution in [-0.4, -0.2) is 54.2 Å². The number of amides is 4. The standard InChI is InChI=1S/C24H30N4O4/c29-19-7-6-18(21(30)27-19)28-22(31)17-5-1-3-15(20(17)23(28)32)13-26-14-16-4-2-8-24(16)9-11-25-12-10-24/h1,3,5,16,18,25-26H,2,4,6-14H2,(H,27,29,30). The number of fused-ring (bicyclic) bond motifs is 1. The number of piperidine rings is 2. The Kier molecular flexibility index (Phi) is 5.59. The normalized spacial score (nSPS) is 27.2. The summed E-state index contributed by atoms with van der Waals surface area (Å²) in [4.78, 5) is 51.0. The van der Waals surface area contributed by atoms with Gasteiger partial charge in [-0.1, -0.05) is 18.6 Å².